The first-order valence-corrected chi connectivity index (χ1v) is 6.98. The maximum absolute atomic E-state index is 6.01. The molecule has 2 nitrogen and oxygen atoms in total. The van der Waals surface area contributed by atoms with Gasteiger partial charge in [0.05, 0.1) is 0 Å². The minimum absolute atomic E-state index is 0.200. The predicted molar refractivity (Wildman–Crippen MR) is 76.0 cm³/mol. The standard InChI is InChI=1S/C16H25NO/c1-16(2,3)12-7-9-14(10-8-12)18-15-6-4-5-13(17)11-15/h7-10,13,15H,4-6,11,17H2,1-3H3. The van der Waals surface area contributed by atoms with E-state index in [4.69, 9.17) is 10.5 Å². The molecule has 2 atom stereocenters. The second kappa shape index (κ2) is 5.31. The van der Waals surface area contributed by atoms with Crippen LogP contribution >= 0.6 is 0 Å². The van der Waals surface area contributed by atoms with Gasteiger partial charge in [0.1, 0.15) is 11.9 Å². The molecule has 1 aromatic carbocycles. The van der Waals surface area contributed by atoms with Crippen molar-refractivity contribution in [2.24, 2.45) is 5.73 Å². The molecule has 0 saturated heterocycles. The fraction of sp³-hybridized carbons (Fsp3) is 0.625. The Kier molecular flexibility index (Phi) is 3.96. The van der Waals surface area contributed by atoms with Gasteiger partial charge in [0.2, 0.25) is 0 Å². The Bertz CT molecular complexity index is 377. The van der Waals surface area contributed by atoms with Gasteiger partial charge in [-0.1, -0.05) is 32.9 Å². The van der Waals surface area contributed by atoms with Gasteiger partial charge in [0, 0.05) is 6.04 Å². The molecule has 2 heteroatoms. The Morgan fingerprint density at radius 1 is 1.11 bits per heavy atom. The molecule has 2 N–H and O–H groups in total. The monoisotopic (exact) mass is 247 g/mol. The fourth-order valence-corrected chi connectivity index (χ4v) is 2.51. The smallest absolute Gasteiger partial charge is 0.119 e. The molecule has 18 heavy (non-hydrogen) atoms. The molecule has 2 unspecified atom stereocenters. The van der Waals surface area contributed by atoms with E-state index in [-0.39, 0.29) is 5.41 Å². The van der Waals surface area contributed by atoms with Crippen molar-refractivity contribution in [3.05, 3.63) is 29.8 Å². The fourth-order valence-electron chi connectivity index (χ4n) is 2.51. The summed E-state index contributed by atoms with van der Waals surface area (Å²) in [5.74, 6) is 0.974. The molecule has 0 aliphatic heterocycles. The number of rotatable bonds is 2. The van der Waals surface area contributed by atoms with Crippen molar-refractivity contribution in [1.82, 2.24) is 0 Å². The maximum Gasteiger partial charge on any atom is 0.119 e. The number of hydrogen-bond acceptors (Lipinski definition) is 2. The van der Waals surface area contributed by atoms with Crippen LogP contribution in [-0.2, 0) is 5.41 Å². The molecule has 0 heterocycles. The van der Waals surface area contributed by atoms with E-state index in [2.05, 4.69) is 45.0 Å². The first-order chi connectivity index (χ1) is 8.45. The first-order valence-electron chi connectivity index (χ1n) is 6.98. The zero-order valence-electron chi connectivity index (χ0n) is 11.8. The van der Waals surface area contributed by atoms with Crippen LogP contribution < -0.4 is 10.5 Å². The van der Waals surface area contributed by atoms with Crippen LogP contribution in [0.3, 0.4) is 0 Å². The van der Waals surface area contributed by atoms with Gasteiger partial charge in [-0.15, -0.1) is 0 Å². The lowest BCUT2D eigenvalue weighted by Gasteiger charge is -2.27. The molecule has 1 aliphatic carbocycles. The molecule has 2 rings (SSSR count). The third-order valence-electron chi connectivity index (χ3n) is 3.69. The van der Waals surface area contributed by atoms with Crippen LogP contribution in [0.15, 0.2) is 24.3 Å². The second-order valence-electron chi connectivity index (χ2n) is 6.44. The molecule has 0 amide bonds. The second-order valence-corrected chi connectivity index (χ2v) is 6.44. The molecule has 0 spiro atoms. The molecule has 0 bridgehead atoms. The minimum atomic E-state index is 0.200. The van der Waals surface area contributed by atoms with E-state index in [1.165, 1.54) is 12.0 Å². The van der Waals surface area contributed by atoms with E-state index in [0.29, 0.717) is 12.1 Å². The van der Waals surface area contributed by atoms with Crippen LogP contribution in [0.5, 0.6) is 5.75 Å². The Hall–Kier alpha value is -1.02. The molecular formula is C16H25NO. The van der Waals surface area contributed by atoms with Crippen LogP contribution in [-0.4, -0.2) is 12.1 Å². The van der Waals surface area contributed by atoms with Crippen molar-refractivity contribution in [3.63, 3.8) is 0 Å². The molecule has 0 aromatic heterocycles. The molecule has 1 aliphatic rings. The highest BCUT2D eigenvalue weighted by atomic mass is 16.5. The molecule has 0 radical (unpaired) electrons. The number of benzene rings is 1. The van der Waals surface area contributed by atoms with Crippen molar-refractivity contribution >= 4 is 0 Å². The molecular weight excluding hydrogens is 222 g/mol. The van der Waals surface area contributed by atoms with Gasteiger partial charge in [0.25, 0.3) is 0 Å². The highest BCUT2D eigenvalue weighted by Crippen LogP contribution is 2.26. The van der Waals surface area contributed by atoms with Crippen molar-refractivity contribution in [2.45, 2.75) is 64.0 Å². The Morgan fingerprint density at radius 3 is 2.33 bits per heavy atom. The summed E-state index contributed by atoms with van der Waals surface area (Å²) in [5, 5.41) is 0. The SMILES string of the molecule is CC(C)(C)c1ccc(OC2CCCC(N)C2)cc1. The molecule has 100 valence electrons. The summed E-state index contributed by atoms with van der Waals surface area (Å²) in [4.78, 5) is 0. The van der Waals surface area contributed by atoms with Gasteiger partial charge in [-0.05, 0) is 48.8 Å². The summed E-state index contributed by atoms with van der Waals surface area (Å²) < 4.78 is 6.01. The summed E-state index contributed by atoms with van der Waals surface area (Å²) in [6.07, 6.45) is 4.75. The van der Waals surface area contributed by atoms with E-state index in [1.54, 1.807) is 0 Å². The zero-order valence-corrected chi connectivity index (χ0v) is 11.8. The number of nitrogens with two attached hydrogens (primary N) is 1. The Labute approximate surface area is 111 Å². The van der Waals surface area contributed by atoms with Gasteiger partial charge in [0.15, 0.2) is 0 Å². The van der Waals surface area contributed by atoms with Crippen molar-refractivity contribution in [3.8, 4) is 5.75 Å². The van der Waals surface area contributed by atoms with E-state index < -0.39 is 0 Å². The first kappa shape index (κ1) is 13.4. The summed E-state index contributed by atoms with van der Waals surface area (Å²) in [6.45, 7) is 6.68. The predicted octanol–water partition coefficient (Wildman–Crippen LogP) is 3.63. The van der Waals surface area contributed by atoms with Crippen molar-refractivity contribution in [1.29, 1.82) is 0 Å². The number of ether oxygens (including phenoxy) is 1. The van der Waals surface area contributed by atoms with E-state index >= 15 is 0 Å². The van der Waals surface area contributed by atoms with Crippen LogP contribution in [0.25, 0.3) is 0 Å². The average Bonchev–Trinajstić information content (AvgIpc) is 2.28. The highest BCUT2D eigenvalue weighted by Gasteiger charge is 2.20. The Morgan fingerprint density at radius 2 is 1.78 bits per heavy atom. The third kappa shape index (κ3) is 3.49. The van der Waals surface area contributed by atoms with E-state index in [0.717, 1.165) is 25.0 Å². The van der Waals surface area contributed by atoms with Crippen LogP contribution in [0.4, 0.5) is 0 Å². The van der Waals surface area contributed by atoms with Gasteiger partial charge in [-0.2, -0.15) is 0 Å². The van der Waals surface area contributed by atoms with Crippen molar-refractivity contribution < 1.29 is 4.74 Å². The van der Waals surface area contributed by atoms with Gasteiger partial charge < -0.3 is 10.5 Å². The summed E-state index contributed by atoms with van der Waals surface area (Å²) >= 11 is 0. The molecule has 1 saturated carbocycles. The largest absolute Gasteiger partial charge is 0.490 e. The van der Waals surface area contributed by atoms with E-state index in [1.807, 2.05) is 0 Å². The van der Waals surface area contributed by atoms with Gasteiger partial charge in [-0.25, -0.2) is 0 Å². The maximum atomic E-state index is 6.01. The summed E-state index contributed by atoms with van der Waals surface area (Å²) in [5.41, 5.74) is 7.52. The van der Waals surface area contributed by atoms with Crippen LogP contribution in [0.2, 0.25) is 0 Å². The topological polar surface area (TPSA) is 35.2 Å². The summed E-state index contributed by atoms with van der Waals surface area (Å²) in [6, 6.07) is 8.81. The third-order valence-corrected chi connectivity index (χ3v) is 3.69. The average molecular weight is 247 g/mol. The lowest BCUT2D eigenvalue weighted by Crippen LogP contribution is -2.33. The van der Waals surface area contributed by atoms with Gasteiger partial charge >= 0.3 is 0 Å². The lowest BCUT2D eigenvalue weighted by molar-refractivity contribution is 0.144. The number of hydrogen-bond donors (Lipinski definition) is 1. The molecule has 1 aromatic rings. The highest BCUT2D eigenvalue weighted by molar-refractivity contribution is 5.31. The van der Waals surface area contributed by atoms with Crippen molar-refractivity contribution in [2.75, 3.05) is 0 Å². The minimum Gasteiger partial charge on any atom is -0.490 e. The Balaban J connectivity index is 1.98. The van der Waals surface area contributed by atoms with E-state index in [9.17, 15) is 0 Å². The van der Waals surface area contributed by atoms with Crippen LogP contribution in [0.1, 0.15) is 52.0 Å². The van der Waals surface area contributed by atoms with Crippen LogP contribution in [0, 0.1) is 0 Å². The summed E-state index contributed by atoms with van der Waals surface area (Å²) in [7, 11) is 0. The lowest BCUT2D eigenvalue weighted by atomic mass is 9.87. The zero-order chi connectivity index (χ0) is 13.2. The molecule has 1 fully saturated rings. The van der Waals surface area contributed by atoms with Gasteiger partial charge in [-0.3, -0.25) is 0 Å². The quantitative estimate of drug-likeness (QED) is 0.866. The normalized spacial score (nSPS) is 24.9.